The number of ether oxygens (including phenoxy) is 1. The van der Waals surface area contributed by atoms with Crippen LogP contribution in [0.3, 0.4) is 0 Å². The maximum absolute atomic E-state index is 13.1. The Kier molecular flexibility index (Phi) is 8.69. The van der Waals surface area contributed by atoms with E-state index in [1.807, 2.05) is 36.4 Å². The van der Waals surface area contributed by atoms with Crippen LogP contribution in [0.2, 0.25) is 0 Å². The Labute approximate surface area is 193 Å². The Bertz CT molecular complexity index is 1080. The molecule has 2 aromatic heterocycles. The summed E-state index contributed by atoms with van der Waals surface area (Å²) in [5.74, 6) is 1.43. The van der Waals surface area contributed by atoms with Gasteiger partial charge in [-0.3, -0.25) is 9.18 Å². The van der Waals surface area contributed by atoms with Crippen molar-refractivity contribution in [3.8, 4) is 17.0 Å². The zero-order chi connectivity index (χ0) is 23.6. The number of hydrogen-bond acceptors (Lipinski definition) is 6. The molecule has 0 N–H and O–H groups in total. The first-order chi connectivity index (χ1) is 16.0. The maximum atomic E-state index is 13.1. The molecule has 0 radical (unpaired) electrons. The lowest BCUT2D eigenvalue weighted by Gasteiger charge is -2.24. The molecule has 0 unspecified atom stereocenters. The fourth-order valence-corrected chi connectivity index (χ4v) is 3.48. The molecule has 2 heterocycles. The predicted octanol–water partition coefficient (Wildman–Crippen LogP) is 5.11. The molecule has 33 heavy (non-hydrogen) atoms. The fraction of sp³-hybridized carbons (Fsp3) is 0.360. The summed E-state index contributed by atoms with van der Waals surface area (Å²) in [4.78, 5) is 18.9. The number of benzene rings is 1. The first-order valence-electron chi connectivity index (χ1n) is 11.0. The molecule has 8 heteroatoms. The molecule has 0 atom stereocenters. The number of carbonyl (C=O) groups is 1. The third-order valence-corrected chi connectivity index (χ3v) is 5.22. The lowest BCUT2D eigenvalue weighted by Crippen LogP contribution is -2.33. The van der Waals surface area contributed by atoms with Crippen LogP contribution in [0, 0.1) is 6.92 Å². The van der Waals surface area contributed by atoms with Gasteiger partial charge in [-0.05, 0) is 42.2 Å². The minimum absolute atomic E-state index is 0.0209. The number of aromatic nitrogens is 3. The van der Waals surface area contributed by atoms with Gasteiger partial charge in [-0.1, -0.05) is 25.1 Å². The Balaban J connectivity index is 1.73. The molecule has 7 nitrogen and oxygen atoms in total. The highest BCUT2D eigenvalue weighted by atomic mass is 19.1. The molecule has 0 aliphatic rings. The topological polar surface area (TPSA) is 81.4 Å². The normalized spacial score (nSPS) is 10.8. The number of halogens is 1. The van der Waals surface area contributed by atoms with E-state index in [1.54, 1.807) is 25.1 Å². The summed E-state index contributed by atoms with van der Waals surface area (Å²) in [6, 6.07) is 11.4. The van der Waals surface area contributed by atoms with Crippen molar-refractivity contribution in [2.75, 3.05) is 25.2 Å². The summed E-state index contributed by atoms with van der Waals surface area (Å²) in [7, 11) is 1.57. The van der Waals surface area contributed by atoms with Crippen molar-refractivity contribution in [2.45, 2.75) is 39.0 Å². The van der Waals surface area contributed by atoms with Gasteiger partial charge < -0.3 is 14.1 Å². The Morgan fingerprint density at radius 1 is 1.15 bits per heavy atom. The molecule has 0 saturated carbocycles. The van der Waals surface area contributed by atoms with Gasteiger partial charge in [-0.15, -0.1) is 10.2 Å². The van der Waals surface area contributed by atoms with Crippen LogP contribution < -0.4 is 9.64 Å². The second-order valence-electron chi connectivity index (χ2n) is 7.66. The standard InChI is InChI=1S/C25H29FN4O3/c1-18(11-13-26)25(31)30(15-6-4-5-10-23-29-28-19(2)33-23)22-9-7-8-20(16-22)21-12-14-27-24(17-21)32-3/h7-9,12,14,16-17H,1,4-6,10-11,13,15H2,2-3H3. The number of methoxy groups -OCH3 is 1. The fourth-order valence-electron chi connectivity index (χ4n) is 3.48. The highest BCUT2D eigenvalue weighted by Crippen LogP contribution is 2.28. The van der Waals surface area contributed by atoms with Crippen LogP contribution in [0.1, 0.15) is 37.5 Å². The van der Waals surface area contributed by atoms with Gasteiger partial charge in [0.2, 0.25) is 17.7 Å². The largest absolute Gasteiger partial charge is 0.481 e. The highest BCUT2D eigenvalue weighted by molar-refractivity contribution is 6.05. The van der Waals surface area contributed by atoms with E-state index in [4.69, 9.17) is 9.15 Å². The van der Waals surface area contributed by atoms with E-state index in [2.05, 4.69) is 21.8 Å². The molecule has 0 aliphatic carbocycles. The molecule has 0 fully saturated rings. The quantitative estimate of drug-likeness (QED) is 0.281. The van der Waals surface area contributed by atoms with Crippen LogP contribution in [-0.2, 0) is 11.2 Å². The molecule has 1 amide bonds. The third kappa shape index (κ3) is 6.71. The Morgan fingerprint density at radius 2 is 1.97 bits per heavy atom. The first-order valence-corrected chi connectivity index (χ1v) is 11.0. The molecule has 174 valence electrons. The summed E-state index contributed by atoms with van der Waals surface area (Å²) in [6.07, 6.45) is 4.91. The Hall–Kier alpha value is -3.55. The average Bonchev–Trinajstić information content (AvgIpc) is 3.26. The van der Waals surface area contributed by atoms with E-state index in [0.717, 1.165) is 36.1 Å². The van der Waals surface area contributed by atoms with Crippen molar-refractivity contribution >= 4 is 11.6 Å². The van der Waals surface area contributed by atoms with Crippen molar-refractivity contribution in [2.24, 2.45) is 0 Å². The SMILES string of the molecule is C=C(CCF)C(=O)N(CCCCCc1nnc(C)o1)c1cccc(-c2ccnc(OC)c2)c1. The molecule has 0 spiro atoms. The number of pyridine rings is 1. The van der Waals surface area contributed by atoms with Gasteiger partial charge in [0.25, 0.3) is 5.91 Å². The first kappa shape index (κ1) is 24.1. The number of amides is 1. The van der Waals surface area contributed by atoms with E-state index in [-0.39, 0.29) is 17.9 Å². The van der Waals surface area contributed by atoms with Gasteiger partial charge >= 0.3 is 0 Å². The van der Waals surface area contributed by atoms with Crippen LogP contribution in [0.25, 0.3) is 11.1 Å². The van der Waals surface area contributed by atoms with Crippen LogP contribution in [0.5, 0.6) is 5.88 Å². The molecule has 1 aromatic carbocycles. The summed E-state index contributed by atoms with van der Waals surface area (Å²) < 4.78 is 23.5. The minimum atomic E-state index is -0.612. The number of rotatable bonds is 12. The van der Waals surface area contributed by atoms with Crippen molar-refractivity contribution in [3.63, 3.8) is 0 Å². The van der Waals surface area contributed by atoms with Crippen molar-refractivity contribution < 1.29 is 18.3 Å². The van der Waals surface area contributed by atoms with Crippen molar-refractivity contribution in [3.05, 3.63) is 66.5 Å². The molecule has 3 aromatic rings. The van der Waals surface area contributed by atoms with Gasteiger partial charge in [-0.25, -0.2) is 4.98 Å². The minimum Gasteiger partial charge on any atom is -0.481 e. The van der Waals surface area contributed by atoms with Gasteiger partial charge in [0, 0.05) is 49.8 Å². The van der Waals surface area contributed by atoms with E-state index < -0.39 is 6.67 Å². The summed E-state index contributed by atoms with van der Waals surface area (Å²) in [5.41, 5.74) is 2.85. The van der Waals surface area contributed by atoms with Crippen LogP contribution in [-0.4, -0.2) is 41.4 Å². The average molecular weight is 453 g/mol. The number of alkyl halides is 1. The lowest BCUT2D eigenvalue weighted by molar-refractivity contribution is -0.115. The molecular formula is C25H29FN4O3. The number of hydrogen-bond donors (Lipinski definition) is 0. The van der Waals surface area contributed by atoms with Crippen LogP contribution in [0.15, 0.2) is 59.2 Å². The van der Waals surface area contributed by atoms with Gasteiger partial charge in [-0.2, -0.15) is 0 Å². The number of aryl methyl sites for hydroxylation is 2. The molecule has 0 saturated heterocycles. The zero-order valence-corrected chi connectivity index (χ0v) is 19.1. The second-order valence-corrected chi connectivity index (χ2v) is 7.66. The smallest absolute Gasteiger partial charge is 0.253 e. The van der Waals surface area contributed by atoms with Gasteiger partial charge in [0.05, 0.1) is 13.8 Å². The van der Waals surface area contributed by atoms with Gasteiger partial charge in [0.1, 0.15) is 0 Å². The number of carbonyl (C=O) groups excluding carboxylic acids is 1. The van der Waals surface area contributed by atoms with Gasteiger partial charge in [0.15, 0.2) is 0 Å². The summed E-state index contributed by atoms with van der Waals surface area (Å²) in [6.45, 7) is 5.45. The zero-order valence-electron chi connectivity index (χ0n) is 19.1. The molecule has 0 aliphatic heterocycles. The van der Waals surface area contributed by atoms with E-state index in [0.29, 0.717) is 30.6 Å². The number of unbranched alkanes of at least 4 members (excludes halogenated alkanes) is 2. The molecule has 0 bridgehead atoms. The highest BCUT2D eigenvalue weighted by Gasteiger charge is 2.19. The molecule has 3 rings (SSSR count). The van der Waals surface area contributed by atoms with Crippen LogP contribution in [0.4, 0.5) is 10.1 Å². The van der Waals surface area contributed by atoms with Crippen molar-refractivity contribution in [1.29, 1.82) is 0 Å². The monoisotopic (exact) mass is 452 g/mol. The Morgan fingerprint density at radius 3 is 2.70 bits per heavy atom. The third-order valence-electron chi connectivity index (χ3n) is 5.22. The van der Waals surface area contributed by atoms with E-state index in [1.165, 1.54) is 0 Å². The number of nitrogens with zero attached hydrogens (tertiary/aromatic N) is 4. The summed E-state index contributed by atoms with van der Waals surface area (Å²) in [5, 5.41) is 7.84. The van der Waals surface area contributed by atoms with Crippen molar-refractivity contribution in [1.82, 2.24) is 15.2 Å². The van der Waals surface area contributed by atoms with E-state index in [9.17, 15) is 9.18 Å². The summed E-state index contributed by atoms with van der Waals surface area (Å²) >= 11 is 0. The van der Waals surface area contributed by atoms with Crippen LogP contribution >= 0.6 is 0 Å². The maximum Gasteiger partial charge on any atom is 0.253 e. The molecular weight excluding hydrogens is 423 g/mol. The predicted molar refractivity (Wildman–Crippen MR) is 125 cm³/mol. The second kappa shape index (κ2) is 11.9. The lowest BCUT2D eigenvalue weighted by atomic mass is 10.0. The number of anilines is 1. The van der Waals surface area contributed by atoms with E-state index >= 15 is 0 Å².